The molecule has 0 aliphatic carbocycles. The molecule has 2 unspecified atom stereocenters. The molecule has 2 aromatic heterocycles. The summed E-state index contributed by atoms with van der Waals surface area (Å²) < 4.78 is 32.0. The fraction of sp³-hybridized carbons (Fsp3) is 0.688. The van der Waals surface area contributed by atoms with Crippen molar-refractivity contribution < 1.29 is 18.3 Å². The fourth-order valence-electron chi connectivity index (χ4n) is 2.32. The van der Waals surface area contributed by atoms with E-state index in [2.05, 4.69) is 15.0 Å². The van der Waals surface area contributed by atoms with Crippen molar-refractivity contribution in [3.8, 4) is 0 Å². The van der Waals surface area contributed by atoms with Crippen LogP contribution in [0, 0.1) is 0 Å². The molecule has 0 amide bonds. The Balaban J connectivity index is 1.96. The average molecular weight is 450 g/mol. The molecule has 0 fully saturated rings. The summed E-state index contributed by atoms with van der Waals surface area (Å²) >= 11 is 0. The summed E-state index contributed by atoms with van der Waals surface area (Å²) in [5.74, 6) is 1.06. The minimum atomic E-state index is -3.35. The lowest BCUT2D eigenvalue weighted by Crippen LogP contribution is -2.19. The summed E-state index contributed by atoms with van der Waals surface area (Å²) in [6, 6.07) is 0. The minimum Gasteiger partial charge on any atom is -0.382 e. The molecular weight excluding hydrogens is 421 g/mol. The van der Waals surface area contributed by atoms with Crippen LogP contribution in [0.25, 0.3) is 11.2 Å². The van der Waals surface area contributed by atoms with E-state index < -0.39 is 7.60 Å². The maximum atomic E-state index is 13.1. The van der Waals surface area contributed by atoms with Gasteiger partial charge >= 0.3 is 7.60 Å². The minimum absolute atomic E-state index is 0.105. The number of imidazole rings is 1. The zero-order valence-corrected chi connectivity index (χ0v) is 19.1. The molecule has 0 radical (unpaired) electrons. The highest BCUT2D eigenvalue weighted by molar-refractivity contribution is 8.76. The molecule has 2 N–H and O–H groups in total. The molecule has 0 aliphatic rings. The zero-order valence-electron chi connectivity index (χ0n) is 16.6. The van der Waals surface area contributed by atoms with Crippen LogP contribution in [-0.4, -0.2) is 56.7 Å². The molecule has 0 saturated heterocycles. The van der Waals surface area contributed by atoms with Gasteiger partial charge in [-0.15, -0.1) is 0 Å². The maximum Gasteiger partial charge on any atom is 0.356 e. The number of nitrogen functional groups attached to an aromatic ring is 1. The largest absolute Gasteiger partial charge is 0.382 e. The molecule has 2 heterocycles. The molecule has 2 aromatic rings. The van der Waals surface area contributed by atoms with Gasteiger partial charge in [0.15, 0.2) is 11.5 Å². The van der Waals surface area contributed by atoms with Crippen molar-refractivity contribution in [2.45, 2.75) is 45.9 Å². The van der Waals surface area contributed by atoms with Crippen molar-refractivity contribution in [3.05, 3.63) is 12.7 Å². The summed E-state index contributed by atoms with van der Waals surface area (Å²) in [4.78, 5) is 12.4. The zero-order chi connectivity index (χ0) is 20.6. The highest BCUT2D eigenvalue weighted by Gasteiger charge is 2.28. The first kappa shape index (κ1) is 23.4. The Hall–Kier alpha value is -0.840. The van der Waals surface area contributed by atoms with Crippen LogP contribution in [0.1, 0.15) is 27.2 Å². The van der Waals surface area contributed by atoms with Crippen LogP contribution < -0.4 is 5.73 Å². The molecular formula is C16H28N5O4PS2. The Labute approximate surface area is 173 Å². The summed E-state index contributed by atoms with van der Waals surface area (Å²) in [7, 11) is -0.0631. The van der Waals surface area contributed by atoms with Crippen molar-refractivity contribution in [1.82, 2.24) is 19.5 Å². The molecule has 0 spiro atoms. The van der Waals surface area contributed by atoms with Gasteiger partial charge in [0.25, 0.3) is 0 Å². The second-order valence-corrected chi connectivity index (χ2v) is 10.8. The van der Waals surface area contributed by atoms with Crippen molar-refractivity contribution in [1.29, 1.82) is 0 Å². The van der Waals surface area contributed by atoms with Crippen LogP contribution in [-0.2, 0) is 24.9 Å². The number of hydrogen-bond donors (Lipinski definition) is 1. The quantitative estimate of drug-likeness (QED) is 0.275. The van der Waals surface area contributed by atoms with E-state index in [1.54, 1.807) is 27.9 Å². The van der Waals surface area contributed by atoms with Crippen LogP contribution in [0.5, 0.6) is 0 Å². The van der Waals surface area contributed by atoms with Crippen LogP contribution in [0.4, 0.5) is 5.82 Å². The lowest BCUT2D eigenvalue weighted by molar-refractivity contribution is 0.0597. The smallest absolute Gasteiger partial charge is 0.356 e. The lowest BCUT2D eigenvalue weighted by atomic mass is 10.3. The van der Waals surface area contributed by atoms with Crippen molar-refractivity contribution >= 4 is 46.2 Å². The third-order valence-electron chi connectivity index (χ3n) is 3.89. The van der Waals surface area contributed by atoms with E-state index in [1.807, 2.05) is 31.6 Å². The van der Waals surface area contributed by atoms with Gasteiger partial charge in [-0.2, -0.15) is 0 Å². The highest BCUT2D eigenvalue weighted by atomic mass is 33.1. The third-order valence-corrected chi connectivity index (χ3v) is 7.39. The monoisotopic (exact) mass is 449 g/mol. The van der Waals surface area contributed by atoms with Crippen LogP contribution in [0.3, 0.4) is 0 Å². The first-order valence-electron chi connectivity index (χ1n) is 8.99. The van der Waals surface area contributed by atoms with Gasteiger partial charge in [-0.05, 0) is 26.5 Å². The SMILES string of the molecule is CCC(C)OP(=O)(CO[C@H](C)Cn1cnc2c(N)ncnc21)OCCSSC. The Morgan fingerprint density at radius 3 is 2.79 bits per heavy atom. The highest BCUT2D eigenvalue weighted by Crippen LogP contribution is 2.50. The van der Waals surface area contributed by atoms with E-state index in [9.17, 15) is 4.57 Å². The Bertz CT molecular complexity index is 793. The summed E-state index contributed by atoms with van der Waals surface area (Å²) in [6.45, 7) is 6.54. The fourth-order valence-corrected chi connectivity index (χ4v) is 5.17. The van der Waals surface area contributed by atoms with E-state index in [1.165, 1.54) is 6.33 Å². The Morgan fingerprint density at radius 2 is 2.07 bits per heavy atom. The first-order valence-corrected chi connectivity index (χ1v) is 13.4. The number of anilines is 1. The average Bonchev–Trinajstić information content (AvgIpc) is 3.08. The molecule has 3 atom stereocenters. The van der Waals surface area contributed by atoms with E-state index in [-0.39, 0.29) is 18.6 Å². The van der Waals surface area contributed by atoms with Gasteiger partial charge in [-0.3, -0.25) is 4.57 Å². The van der Waals surface area contributed by atoms with Crippen molar-refractivity contribution in [2.24, 2.45) is 0 Å². The Kier molecular flexibility index (Phi) is 9.52. The standard InChI is InChI=1S/C16H28N5O4PS2/c1-5-12(2)25-26(22,24-6-7-28-27-4)11-23-13(3)8-21-10-20-14-15(17)18-9-19-16(14)21/h9-10,12-13H,5-8,11H2,1-4H3,(H2,17,18,19)/t12?,13-,26?/m1/s1. The molecule has 2 rings (SSSR count). The number of aromatic nitrogens is 4. The predicted octanol–water partition coefficient (Wildman–Crippen LogP) is 3.81. The summed E-state index contributed by atoms with van der Waals surface area (Å²) in [5.41, 5.74) is 7.00. The summed E-state index contributed by atoms with van der Waals surface area (Å²) in [5, 5.41) is 0. The second kappa shape index (κ2) is 11.4. The molecule has 12 heteroatoms. The van der Waals surface area contributed by atoms with Gasteiger partial charge < -0.3 is 24.1 Å². The van der Waals surface area contributed by atoms with Gasteiger partial charge in [0.05, 0.1) is 31.7 Å². The van der Waals surface area contributed by atoms with E-state index >= 15 is 0 Å². The Morgan fingerprint density at radius 1 is 1.29 bits per heavy atom. The van der Waals surface area contributed by atoms with Crippen molar-refractivity contribution in [2.75, 3.05) is 30.7 Å². The predicted molar refractivity (Wildman–Crippen MR) is 116 cm³/mol. The first-order chi connectivity index (χ1) is 13.4. The number of fused-ring (bicyclic) bond motifs is 1. The molecule has 158 valence electrons. The van der Waals surface area contributed by atoms with E-state index in [0.717, 1.165) is 12.2 Å². The molecule has 0 saturated carbocycles. The third kappa shape index (κ3) is 6.89. The van der Waals surface area contributed by atoms with Crippen LogP contribution >= 0.6 is 29.2 Å². The molecule has 0 aromatic carbocycles. The van der Waals surface area contributed by atoms with Gasteiger partial charge in [-0.25, -0.2) is 15.0 Å². The van der Waals surface area contributed by atoms with Gasteiger partial charge in [-0.1, -0.05) is 28.5 Å². The maximum absolute atomic E-state index is 13.1. The molecule has 9 nitrogen and oxygen atoms in total. The van der Waals surface area contributed by atoms with Gasteiger partial charge in [0.2, 0.25) is 0 Å². The number of rotatable bonds is 13. The second-order valence-electron chi connectivity index (χ2n) is 6.19. The number of nitrogens with two attached hydrogens (primary N) is 1. The molecule has 28 heavy (non-hydrogen) atoms. The number of nitrogens with zero attached hydrogens (tertiary/aromatic N) is 4. The number of ether oxygens (including phenoxy) is 1. The molecule has 0 bridgehead atoms. The van der Waals surface area contributed by atoms with E-state index in [0.29, 0.717) is 30.1 Å². The number of hydrogen-bond acceptors (Lipinski definition) is 10. The lowest BCUT2D eigenvalue weighted by Gasteiger charge is -2.23. The summed E-state index contributed by atoms with van der Waals surface area (Å²) in [6.07, 6.45) is 5.23. The van der Waals surface area contributed by atoms with E-state index in [4.69, 9.17) is 19.5 Å². The van der Waals surface area contributed by atoms with Crippen LogP contribution in [0.15, 0.2) is 12.7 Å². The molecule has 0 aliphatic heterocycles. The van der Waals surface area contributed by atoms with Gasteiger partial charge in [0, 0.05) is 5.75 Å². The van der Waals surface area contributed by atoms with Crippen LogP contribution in [0.2, 0.25) is 0 Å². The van der Waals surface area contributed by atoms with Crippen molar-refractivity contribution in [3.63, 3.8) is 0 Å². The normalized spacial score (nSPS) is 16.1. The topological polar surface area (TPSA) is 114 Å². The van der Waals surface area contributed by atoms with Gasteiger partial charge in [0.1, 0.15) is 18.2 Å².